The molecule has 0 bridgehead atoms. The lowest BCUT2D eigenvalue weighted by molar-refractivity contribution is -0.469. The Morgan fingerprint density at radius 3 is 1.31 bits per heavy atom. The predicted molar refractivity (Wildman–Crippen MR) is 412 cm³/mol. The number of piperazine rings is 4. The number of nitrogens with zero attached hydrogens (tertiary/aromatic N) is 8. The number of aromatic nitrogens is 1. The zero-order valence-corrected chi connectivity index (χ0v) is 67.8. The van der Waals surface area contributed by atoms with Crippen molar-refractivity contribution >= 4 is 197 Å². The van der Waals surface area contributed by atoms with Gasteiger partial charge in [0.2, 0.25) is 46.2 Å². The van der Waals surface area contributed by atoms with E-state index in [4.69, 9.17) is 103 Å². The maximum absolute atomic E-state index is 13.5. The molecule has 5 saturated heterocycles. The van der Waals surface area contributed by atoms with Gasteiger partial charge < -0.3 is 72.1 Å². The molecule has 7 aromatic rings. The van der Waals surface area contributed by atoms with E-state index >= 15 is 0 Å². The Balaban J connectivity index is 0.000000217. The molecule has 5 aliphatic heterocycles. The highest BCUT2D eigenvalue weighted by atomic mass is 35.5. The number of halogens is 8. The quantitative estimate of drug-likeness (QED) is 0.0123. The lowest BCUT2D eigenvalue weighted by atomic mass is 9.84. The summed E-state index contributed by atoms with van der Waals surface area (Å²) in [7, 11) is -21.6. The fourth-order valence-corrected chi connectivity index (χ4v) is 18.9. The minimum absolute atomic E-state index is 0.00638. The van der Waals surface area contributed by atoms with Crippen molar-refractivity contribution < 1.29 is 117 Å². The molecule has 0 radical (unpaired) electrons. The maximum Gasteiger partial charge on any atom is 0.394 e. The van der Waals surface area contributed by atoms with E-state index in [1.54, 1.807) is 42.3 Å². The molecule has 0 saturated carbocycles. The van der Waals surface area contributed by atoms with Crippen LogP contribution < -0.4 is 32.7 Å². The number of phenolic OH excluding ortho intramolecular Hbond substituents is 3. The molecule has 112 heavy (non-hydrogen) atoms. The van der Waals surface area contributed by atoms with E-state index in [1.165, 1.54) is 85.7 Å². The fraction of sp³-hybridized carbons (Fsp3) is 0.328. The van der Waals surface area contributed by atoms with Crippen LogP contribution in [0.2, 0.25) is 43.8 Å². The molecule has 0 atom stereocenters. The van der Waals surface area contributed by atoms with E-state index in [2.05, 4.69) is 44.9 Å². The molecule has 0 unspecified atom stereocenters. The highest BCUT2D eigenvalue weighted by molar-refractivity contribution is 7.90. The number of aromatic hydroxyl groups is 3. The van der Waals surface area contributed by atoms with Crippen molar-refractivity contribution in [2.45, 2.75) is 40.2 Å². The normalized spacial score (nSPS) is 16.3. The van der Waals surface area contributed by atoms with Gasteiger partial charge in [-0.05, 0) is 91.5 Å². The highest BCUT2D eigenvalue weighted by Crippen LogP contribution is 2.42. The van der Waals surface area contributed by atoms with E-state index in [-0.39, 0.29) is 105 Å². The third kappa shape index (κ3) is 25.5. The summed E-state index contributed by atoms with van der Waals surface area (Å²) < 4.78 is 187. The number of oxazole rings is 1. The number of nitrogens with two attached hydrogens (primary N) is 2. The molecule has 54 heteroatoms. The average molecular weight is 1810 g/mol. The lowest BCUT2D eigenvalue weighted by Gasteiger charge is -2.34. The number of nitrogen functional groups attached to an aromatic ring is 2. The number of aryl methyl sites for hydroxylation is 1. The van der Waals surface area contributed by atoms with Crippen LogP contribution in [0.15, 0.2) is 114 Å². The van der Waals surface area contributed by atoms with Gasteiger partial charge in [0.15, 0.2) is 28.7 Å². The van der Waals surface area contributed by atoms with Gasteiger partial charge in [-0.1, -0.05) is 90.4 Å². The fourth-order valence-electron chi connectivity index (χ4n) is 10.3. The van der Waals surface area contributed by atoms with Gasteiger partial charge in [-0.2, -0.15) is 34.8 Å². The number of carbonyl (C=O) groups excluding carboxylic acids is 2. The Labute approximate surface area is 673 Å². The smallest absolute Gasteiger partial charge is 0.394 e. The number of anilines is 4. The van der Waals surface area contributed by atoms with Gasteiger partial charge in [0, 0.05) is 112 Å². The largest absolute Gasteiger partial charge is 0.504 e. The zero-order valence-electron chi connectivity index (χ0n) is 58.3. The molecule has 1 aromatic heterocycles. The van der Waals surface area contributed by atoms with Crippen LogP contribution in [0, 0.1) is 18.6 Å². The third-order valence-electron chi connectivity index (χ3n) is 15.7. The van der Waals surface area contributed by atoms with Crippen LogP contribution >= 0.6 is 69.6 Å². The van der Waals surface area contributed by atoms with Crippen LogP contribution in [0.25, 0.3) is 11.1 Å². The van der Waals surface area contributed by atoms with E-state index in [9.17, 15) is 81.6 Å². The van der Waals surface area contributed by atoms with Gasteiger partial charge in [0.1, 0.15) is 41.8 Å². The first-order valence-corrected chi connectivity index (χ1v) is 42.3. The Morgan fingerprint density at radius 1 is 0.554 bits per heavy atom. The van der Waals surface area contributed by atoms with Gasteiger partial charge in [0.25, 0.3) is 0 Å². The maximum atomic E-state index is 13.5. The molecule has 0 spiro atoms. The first kappa shape index (κ1) is 94.3. The SMILES string of the molecule is CB(O)N1CCN(S(=O)(=O)c2c(Cl)ccc(N)c2O)CC1.CB(O)N1CCN(S(=O)(=O)c2c(Cl)ccc(NC(=O)Nc3cccc(F)c3Cl)c2O)CC1.Cc1nc2ccc(Cl)c(S(=O)(=O)N3CCNCC3)c2o1.Nc1ccc(Cl)c(S(=O)(=O)N2CCNCC2)c1O.O=C=Nc1cccc(F)c1Cl.O=S(=O)(O)O.O=S1OOO1. The number of hydrogen-bond donors (Lipinski definition) is 13. The van der Waals surface area contributed by atoms with Gasteiger partial charge in [-0.25, -0.2) is 57.0 Å². The number of sulfonamides is 4. The summed E-state index contributed by atoms with van der Waals surface area (Å²) in [5.74, 6) is -2.66. The molecule has 6 aromatic carbocycles. The highest BCUT2D eigenvalue weighted by Gasteiger charge is 2.38. The van der Waals surface area contributed by atoms with Crippen LogP contribution in [-0.4, -0.2) is 244 Å². The van der Waals surface area contributed by atoms with Crippen LogP contribution in [0.3, 0.4) is 0 Å². The molecule has 38 nitrogen and oxygen atoms in total. The van der Waals surface area contributed by atoms with Gasteiger partial charge >= 0.3 is 41.9 Å². The number of isocyanates is 1. The van der Waals surface area contributed by atoms with E-state index < -0.39 is 116 Å². The number of urea groups is 1. The Morgan fingerprint density at radius 2 is 0.911 bits per heavy atom. The van der Waals surface area contributed by atoms with Crippen LogP contribution in [0.1, 0.15) is 5.89 Å². The first-order chi connectivity index (χ1) is 52.4. The summed E-state index contributed by atoms with van der Waals surface area (Å²) >= 11 is 33.6. The standard InChI is InChI=1S/C18H20BCl2FN4O5S.C12H14ClN3O3S.C11H17BClN3O4S.C10H14ClN3O3S.C7H3ClFNO.O4S.H2O4S/c1-19(29)25-7-9-26(10-8-25)32(30,31)17-11(20)5-6-14(16(17)27)24-18(28)23-13-4-2-3-12(22)15(13)21;1-8-15-10-3-2-9(13)12(11(10)19-8)20(17,18)16-6-4-14-5-7-16;1-12(18)15-4-6-16(7-5-15)21(19,20)11-8(13)2-3-9(14)10(11)17;11-7-1-2-8(12)9(15)10(7)18(16,17)14-5-3-13-4-6-14;8-7-5(9)2-1-3-6(7)10-4-11;1-5-3-2-4-5;1-5(2,3)4/h2-6,27,29H,7-10H2,1H3,(H2,23,24,28);2-3,14H,4-7H2,1H3;2-3,17-18H,4-7,14H2,1H3;1-2,13,15H,3-6,12H2;1-3H;;(H2,1,2,3,4). The van der Waals surface area contributed by atoms with Gasteiger partial charge in [-0.15, -0.1) is 0 Å². The lowest BCUT2D eigenvalue weighted by Crippen LogP contribution is -2.52. The molecule has 5 aliphatic rings. The summed E-state index contributed by atoms with van der Waals surface area (Å²) in [5, 5.41) is 63.2. The van der Waals surface area contributed by atoms with Crippen LogP contribution in [0.5, 0.6) is 17.2 Å². The van der Waals surface area contributed by atoms with Crippen molar-refractivity contribution in [2.24, 2.45) is 4.99 Å². The number of amides is 2. The Kier molecular flexibility index (Phi) is 35.2. The summed E-state index contributed by atoms with van der Waals surface area (Å²) in [6, 6.07) is 18.1. The van der Waals surface area contributed by atoms with Crippen molar-refractivity contribution in [1.29, 1.82) is 0 Å². The minimum Gasteiger partial charge on any atom is -0.504 e. The molecular weight excluding hydrogens is 1740 g/mol. The number of nitrogens with one attached hydrogen (secondary N) is 4. The molecule has 12 rings (SSSR count). The van der Waals surface area contributed by atoms with Gasteiger partial charge in [0.05, 0.1) is 53.6 Å². The Hall–Kier alpha value is -6.53. The predicted octanol–water partition coefficient (Wildman–Crippen LogP) is 5.80. The molecule has 0 aliphatic carbocycles. The van der Waals surface area contributed by atoms with Crippen molar-refractivity contribution in [3.63, 3.8) is 0 Å². The number of hydrogen-bond acceptors (Lipinski definition) is 30. The molecule has 2 amide bonds. The summed E-state index contributed by atoms with van der Waals surface area (Å²) in [4.78, 5) is 31.7. The van der Waals surface area contributed by atoms with Crippen LogP contribution in [-0.2, 0) is 80.4 Å². The summed E-state index contributed by atoms with van der Waals surface area (Å²) in [5.41, 5.74) is 11.6. The van der Waals surface area contributed by atoms with Crippen molar-refractivity contribution in [3.8, 4) is 17.2 Å². The van der Waals surface area contributed by atoms with Crippen molar-refractivity contribution in [3.05, 3.63) is 133 Å². The first-order valence-electron chi connectivity index (χ1n) is 31.9. The number of carbonyl (C=O) groups is 1. The van der Waals surface area contributed by atoms with E-state index in [1.807, 2.05) is 0 Å². The molecular formula is C58H70B2Cl6F2N14O24S6. The monoisotopic (exact) mass is 1810 g/mol. The molecule has 614 valence electrons. The second kappa shape index (κ2) is 41.9. The van der Waals surface area contributed by atoms with Crippen molar-refractivity contribution in [1.82, 2.24) is 42.5 Å². The minimum atomic E-state index is -4.67. The topological polar surface area (TPSA) is 549 Å². The molecule has 15 N–H and O–H groups in total. The Bertz CT molecular complexity index is 5160. The number of phenols is 3. The second-order valence-electron chi connectivity index (χ2n) is 23.1. The zero-order chi connectivity index (χ0) is 83.5. The van der Waals surface area contributed by atoms with Crippen molar-refractivity contribution in [2.75, 3.05) is 127 Å². The van der Waals surface area contributed by atoms with Gasteiger partial charge in [-0.3, -0.25) is 9.11 Å². The van der Waals surface area contributed by atoms with E-state index in [0.29, 0.717) is 89.9 Å². The number of benzene rings is 6. The molecule has 5 fully saturated rings. The number of rotatable bonds is 13. The van der Waals surface area contributed by atoms with Crippen LogP contribution in [0.4, 0.5) is 42.0 Å². The second-order valence-corrected chi connectivity index (χ2v) is 34.6. The third-order valence-corrected chi connectivity index (χ3v) is 26.4. The number of aliphatic imine (C=N–C) groups is 1. The molecule has 6 heterocycles. The average Bonchev–Trinajstić information content (AvgIpc) is 1.65. The summed E-state index contributed by atoms with van der Waals surface area (Å²) in [6.07, 6.45) is 1.28. The number of fused-ring (bicyclic) bond motifs is 1. The van der Waals surface area contributed by atoms with E-state index in [0.717, 1.165) is 10.4 Å². The summed E-state index contributed by atoms with van der Waals surface area (Å²) in [6.45, 7) is 10.8.